The van der Waals surface area contributed by atoms with Crippen LogP contribution in [0.3, 0.4) is 0 Å². The normalized spacial score (nSPS) is 18.5. The van der Waals surface area contributed by atoms with E-state index in [4.69, 9.17) is 14.2 Å². The number of nitrogens with zero attached hydrogens (tertiary/aromatic N) is 2. The molecular weight excluding hydrogens is 400 g/mol. The van der Waals surface area contributed by atoms with Crippen molar-refractivity contribution in [3.63, 3.8) is 0 Å². The topological polar surface area (TPSA) is 85.4 Å². The van der Waals surface area contributed by atoms with Gasteiger partial charge >= 0.3 is 18.2 Å². The number of esters is 1. The zero-order chi connectivity index (χ0) is 23.1. The molecule has 1 heterocycles. The van der Waals surface area contributed by atoms with Crippen LogP contribution >= 0.6 is 0 Å². The van der Waals surface area contributed by atoms with Crippen molar-refractivity contribution in [3.8, 4) is 0 Å². The summed E-state index contributed by atoms with van der Waals surface area (Å²) in [6, 6.07) is 7.49. The van der Waals surface area contributed by atoms with Crippen LogP contribution in [0.1, 0.15) is 52.2 Å². The molecule has 0 aliphatic carbocycles. The molecule has 2 atom stereocenters. The van der Waals surface area contributed by atoms with Gasteiger partial charge in [0, 0.05) is 5.92 Å². The van der Waals surface area contributed by atoms with Crippen molar-refractivity contribution < 1.29 is 28.6 Å². The lowest BCUT2D eigenvalue weighted by molar-refractivity contribution is -0.144. The fourth-order valence-corrected chi connectivity index (χ4v) is 3.58. The summed E-state index contributed by atoms with van der Waals surface area (Å²) in [5.74, 6) is -0.683. The Morgan fingerprint density at radius 1 is 1.00 bits per heavy atom. The van der Waals surface area contributed by atoms with Crippen LogP contribution < -0.4 is 0 Å². The maximum Gasteiger partial charge on any atom is 0.429 e. The van der Waals surface area contributed by atoms with Gasteiger partial charge in [0.1, 0.15) is 0 Å². The maximum atomic E-state index is 13.0. The third-order valence-corrected chi connectivity index (χ3v) is 4.90. The number of aryl methyl sites for hydroxylation is 1. The van der Waals surface area contributed by atoms with E-state index < -0.39 is 18.2 Å². The van der Waals surface area contributed by atoms with Crippen molar-refractivity contribution >= 4 is 18.2 Å². The highest BCUT2D eigenvalue weighted by Crippen LogP contribution is 2.32. The summed E-state index contributed by atoms with van der Waals surface area (Å²) in [5.41, 5.74) is 2.11. The van der Waals surface area contributed by atoms with Crippen LogP contribution in [0.25, 0.3) is 0 Å². The molecule has 0 radical (unpaired) electrons. The Bertz CT molecular complexity index is 762. The van der Waals surface area contributed by atoms with Gasteiger partial charge in [0.2, 0.25) is 0 Å². The van der Waals surface area contributed by atoms with E-state index in [1.165, 1.54) is 10.0 Å². The summed E-state index contributed by atoms with van der Waals surface area (Å²) < 4.78 is 15.9. The molecule has 1 fully saturated rings. The number of amides is 2. The second kappa shape index (κ2) is 11.0. The Morgan fingerprint density at radius 2 is 1.58 bits per heavy atom. The second-order valence-corrected chi connectivity index (χ2v) is 8.32. The number of hydrazine groups is 1. The van der Waals surface area contributed by atoms with Gasteiger partial charge in [0.15, 0.2) is 0 Å². The lowest BCUT2D eigenvalue weighted by atomic mass is 9.92. The largest absolute Gasteiger partial charge is 0.466 e. The molecule has 0 unspecified atom stereocenters. The van der Waals surface area contributed by atoms with Crippen molar-refractivity contribution in [1.29, 1.82) is 0 Å². The van der Waals surface area contributed by atoms with Crippen molar-refractivity contribution in [3.05, 3.63) is 35.4 Å². The van der Waals surface area contributed by atoms with E-state index in [9.17, 15) is 14.4 Å². The van der Waals surface area contributed by atoms with Gasteiger partial charge < -0.3 is 14.2 Å². The number of rotatable bonds is 7. The van der Waals surface area contributed by atoms with E-state index in [1.807, 2.05) is 31.2 Å². The Balaban J connectivity index is 2.39. The van der Waals surface area contributed by atoms with E-state index >= 15 is 0 Å². The molecule has 2 amide bonds. The Labute approximate surface area is 184 Å². The molecule has 1 aliphatic heterocycles. The lowest BCUT2D eigenvalue weighted by Gasteiger charge is -2.32. The van der Waals surface area contributed by atoms with Gasteiger partial charge in [-0.15, -0.1) is 0 Å². The molecule has 0 N–H and O–H groups in total. The SMILES string of the molecule is CCOC(=O)C[C@H]1CN(C(=O)OC(C)C)N(C(=O)OC(C)C)[C@@H]1Cc1ccc(C)cc1. The van der Waals surface area contributed by atoms with E-state index in [2.05, 4.69) is 0 Å². The summed E-state index contributed by atoms with van der Waals surface area (Å²) in [5, 5.41) is 2.57. The van der Waals surface area contributed by atoms with Crippen LogP contribution in [0.15, 0.2) is 24.3 Å². The molecule has 2 rings (SSSR count). The Kier molecular flexibility index (Phi) is 8.71. The molecule has 8 heteroatoms. The van der Waals surface area contributed by atoms with Gasteiger partial charge in [-0.25, -0.2) is 19.6 Å². The van der Waals surface area contributed by atoms with Gasteiger partial charge in [0.05, 0.1) is 37.8 Å². The minimum absolute atomic E-state index is 0.0846. The summed E-state index contributed by atoms with van der Waals surface area (Å²) in [6.07, 6.45) is -1.45. The summed E-state index contributed by atoms with van der Waals surface area (Å²) in [6.45, 7) is 11.1. The van der Waals surface area contributed by atoms with Gasteiger partial charge in [-0.05, 0) is 53.5 Å². The van der Waals surface area contributed by atoms with Gasteiger partial charge in [-0.3, -0.25) is 4.79 Å². The molecule has 1 aromatic rings. The molecule has 0 spiro atoms. The highest BCUT2D eigenvalue weighted by molar-refractivity contribution is 5.76. The van der Waals surface area contributed by atoms with Gasteiger partial charge in [-0.1, -0.05) is 29.8 Å². The first-order valence-electron chi connectivity index (χ1n) is 10.8. The Morgan fingerprint density at radius 3 is 2.13 bits per heavy atom. The standard InChI is InChI=1S/C23H34N2O6/c1-7-29-21(26)13-19-14-24(22(27)30-15(2)3)25(23(28)31-16(4)5)20(19)12-18-10-8-17(6)9-11-18/h8-11,15-16,19-20H,7,12-14H2,1-6H3/t19-,20+/m0/s1. The number of carbonyl (C=O) groups excluding carboxylic acids is 3. The average molecular weight is 435 g/mol. The molecule has 0 bridgehead atoms. The first kappa shape index (κ1) is 24.5. The zero-order valence-corrected chi connectivity index (χ0v) is 19.3. The molecule has 0 saturated carbocycles. The van der Waals surface area contributed by atoms with Crippen LogP contribution in [0.4, 0.5) is 9.59 Å². The summed E-state index contributed by atoms with van der Waals surface area (Å²) in [7, 11) is 0. The van der Waals surface area contributed by atoms with Gasteiger partial charge in [0.25, 0.3) is 0 Å². The van der Waals surface area contributed by atoms with Crippen LogP contribution in [0.2, 0.25) is 0 Å². The molecule has 1 saturated heterocycles. The monoisotopic (exact) mass is 434 g/mol. The van der Waals surface area contributed by atoms with Crippen molar-refractivity contribution in [2.75, 3.05) is 13.2 Å². The molecule has 172 valence electrons. The Hall–Kier alpha value is -2.77. The zero-order valence-electron chi connectivity index (χ0n) is 19.3. The van der Waals surface area contributed by atoms with E-state index in [0.717, 1.165) is 11.1 Å². The van der Waals surface area contributed by atoms with E-state index in [-0.39, 0.29) is 43.7 Å². The fourth-order valence-electron chi connectivity index (χ4n) is 3.58. The highest BCUT2D eigenvalue weighted by atomic mass is 16.6. The van der Waals surface area contributed by atoms with Crippen molar-refractivity contribution in [2.24, 2.45) is 5.92 Å². The smallest absolute Gasteiger partial charge is 0.429 e. The van der Waals surface area contributed by atoms with Crippen molar-refractivity contribution in [1.82, 2.24) is 10.0 Å². The van der Waals surface area contributed by atoms with Crippen LogP contribution in [-0.4, -0.2) is 59.6 Å². The first-order valence-corrected chi connectivity index (χ1v) is 10.8. The number of carbonyl (C=O) groups is 3. The van der Waals surface area contributed by atoms with Crippen LogP contribution in [0, 0.1) is 12.8 Å². The summed E-state index contributed by atoms with van der Waals surface area (Å²) in [4.78, 5) is 38.1. The van der Waals surface area contributed by atoms with Crippen LogP contribution in [-0.2, 0) is 25.4 Å². The number of ether oxygens (including phenoxy) is 3. The lowest BCUT2D eigenvalue weighted by Crippen LogP contribution is -2.50. The first-order chi connectivity index (χ1) is 14.6. The minimum Gasteiger partial charge on any atom is -0.466 e. The predicted molar refractivity (Wildman–Crippen MR) is 115 cm³/mol. The van der Waals surface area contributed by atoms with E-state index in [0.29, 0.717) is 6.42 Å². The fraction of sp³-hybridized carbons (Fsp3) is 0.609. The van der Waals surface area contributed by atoms with Gasteiger partial charge in [-0.2, -0.15) is 0 Å². The minimum atomic E-state index is -0.643. The predicted octanol–water partition coefficient (Wildman–Crippen LogP) is 4.10. The number of hydrogen-bond donors (Lipinski definition) is 0. The third-order valence-electron chi connectivity index (χ3n) is 4.90. The quantitative estimate of drug-likeness (QED) is 0.474. The third kappa shape index (κ3) is 6.87. The molecule has 8 nitrogen and oxygen atoms in total. The number of hydrogen-bond acceptors (Lipinski definition) is 6. The van der Waals surface area contributed by atoms with Crippen LogP contribution in [0.5, 0.6) is 0 Å². The molecule has 1 aromatic carbocycles. The molecule has 31 heavy (non-hydrogen) atoms. The molecule has 1 aliphatic rings. The molecule has 0 aromatic heterocycles. The maximum absolute atomic E-state index is 13.0. The van der Waals surface area contributed by atoms with Crippen molar-refractivity contribution in [2.45, 2.75) is 72.6 Å². The molecular formula is C23H34N2O6. The average Bonchev–Trinajstić information content (AvgIpc) is 3.01. The number of benzene rings is 1. The summed E-state index contributed by atoms with van der Waals surface area (Å²) >= 11 is 0. The van der Waals surface area contributed by atoms with E-state index in [1.54, 1.807) is 34.6 Å². The highest BCUT2D eigenvalue weighted by Gasteiger charge is 2.47. The second-order valence-electron chi connectivity index (χ2n) is 8.32.